The summed E-state index contributed by atoms with van der Waals surface area (Å²) in [5.74, 6) is 0.770. The first kappa shape index (κ1) is 12.6. The summed E-state index contributed by atoms with van der Waals surface area (Å²) in [6.07, 6.45) is 0. The molecule has 1 heterocycles. The molecule has 0 aliphatic heterocycles. The highest BCUT2D eigenvalue weighted by atomic mass is 16.1. The van der Waals surface area contributed by atoms with E-state index in [2.05, 4.69) is 35.2 Å². The van der Waals surface area contributed by atoms with E-state index in [9.17, 15) is 4.79 Å². The van der Waals surface area contributed by atoms with Crippen molar-refractivity contribution in [3.05, 3.63) is 34.6 Å². The Morgan fingerprint density at radius 2 is 1.83 bits per heavy atom. The molecule has 1 aromatic heterocycles. The molecule has 0 radical (unpaired) electrons. The first-order valence-electron chi connectivity index (χ1n) is 6.47. The highest BCUT2D eigenvalue weighted by Crippen LogP contribution is 2.17. The van der Waals surface area contributed by atoms with Crippen LogP contribution in [0.1, 0.15) is 20.8 Å². The summed E-state index contributed by atoms with van der Waals surface area (Å²) in [6.45, 7) is 8.73. The predicted molar refractivity (Wildman–Crippen MR) is 75.2 cm³/mol. The van der Waals surface area contributed by atoms with Crippen LogP contribution in [-0.4, -0.2) is 22.6 Å². The van der Waals surface area contributed by atoms with Gasteiger partial charge in [0.05, 0.1) is 10.9 Å². The number of para-hydroxylation sites is 1. The van der Waals surface area contributed by atoms with Crippen molar-refractivity contribution in [2.75, 3.05) is 18.0 Å². The van der Waals surface area contributed by atoms with E-state index in [1.807, 2.05) is 24.3 Å². The van der Waals surface area contributed by atoms with Crippen LogP contribution in [0.4, 0.5) is 5.95 Å². The molecule has 2 rings (SSSR count). The van der Waals surface area contributed by atoms with Crippen LogP contribution < -0.4 is 10.5 Å². The number of aryl methyl sites for hydroxylation is 1. The molecule has 0 atom stereocenters. The van der Waals surface area contributed by atoms with Crippen LogP contribution in [-0.2, 0) is 6.54 Å². The van der Waals surface area contributed by atoms with E-state index in [1.54, 1.807) is 0 Å². The Morgan fingerprint density at radius 3 is 2.44 bits per heavy atom. The molecule has 0 aliphatic rings. The molecule has 4 heteroatoms. The number of benzene rings is 1. The lowest BCUT2D eigenvalue weighted by atomic mass is 10.2. The summed E-state index contributed by atoms with van der Waals surface area (Å²) in [4.78, 5) is 18.4. The molecule has 0 aliphatic carbocycles. The maximum atomic E-state index is 12.1. The first-order valence-corrected chi connectivity index (χ1v) is 6.47. The topological polar surface area (TPSA) is 38.1 Å². The summed E-state index contributed by atoms with van der Waals surface area (Å²) in [6, 6.07) is 7.65. The lowest BCUT2D eigenvalue weighted by Crippen LogP contribution is -2.30. The van der Waals surface area contributed by atoms with Crippen LogP contribution in [0.25, 0.3) is 10.9 Å². The van der Waals surface area contributed by atoms with Gasteiger partial charge in [-0.1, -0.05) is 12.1 Å². The molecule has 0 amide bonds. The fourth-order valence-electron chi connectivity index (χ4n) is 2.27. The van der Waals surface area contributed by atoms with E-state index in [-0.39, 0.29) is 5.56 Å². The van der Waals surface area contributed by atoms with Crippen molar-refractivity contribution in [3.8, 4) is 0 Å². The molecule has 0 N–H and O–H groups in total. The minimum Gasteiger partial charge on any atom is -0.343 e. The van der Waals surface area contributed by atoms with Crippen molar-refractivity contribution in [1.29, 1.82) is 0 Å². The van der Waals surface area contributed by atoms with Gasteiger partial charge in [0.15, 0.2) is 0 Å². The van der Waals surface area contributed by atoms with Crippen molar-refractivity contribution >= 4 is 16.9 Å². The Hall–Kier alpha value is -1.84. The Bertz CT molecular complexity index is 600. The van der Waals surface area contributed by atoms with Crippen molar-refractivity contribution in [3.63, 3.8) is 0 Å². The summed E-state index contributed by atoms with van der Waals surface area (Å²) >= 11 is 0. The van der Waals surface area contributed by atoms with Crippen LogP contribution in [0.5, 0.6) is 0 Å². The lowest BCUT2D eigenvalue weighted by molar-refractivity contribution is 0.708. The van der Waals surface area contributed by atoms with E-state index in [1.165, 1.54) is 0 Å². The van der Waals surface area contributed by atoms with E-state index >= 15 is 0 Å². The standard InChI is InChI=1S/C14H19N3O/c1-4-16(5-2)14-15-13(18)11-9-7-8-10-12(11)17(14)6-3/h7-10H,4-6H2,1-3H3. The number of hydrogen-bond acceptors (Lipinski definition) is 3. The SMILES string of the molecule is CCN(CC)c1nc(=O)c2ccccc2n1CC. The predicted octanol–water partition coefficient (Wildman–Crippen LogP) is 2.26. The molecule has 1 aromatic carbocycles. The van der Waals surface area contributed by atoms with E-state index < -0.39 is 0 Å². The molecule has 18 heavy (non-hydrogen) atoms. The van der Waals surface area contributed by atoms with Gasteiger partial charge >= 0.3 is 0 Å². The second-order valence-corrected chi connectivity index (χ2v) is 4.15. The van der Waals surface area contributed by atoms with Crippen LogP contribution >= 0.6 is 0 Å². The summed E-state index contributed by atoms with van der Waals surface area (Å²) in [7, 11) is 0. The zero-order valence-electron chi connectivity index (χ0n) is 11.2. The molecule has 4 nitrogen and oxygen atoms in total. The van der Waals surface area contributed by atoms with Gasteiger partial charge in [-0.25, -0.2) is 0 Å². The monoisotopic (exact) mass is 245 g/mol. The highest BCUT2D eigenvalue weighted by Gasteiger charge is 2.13. The molecule has 0 bridgehead atoms. The average Bonchev–Trinajstić information content (AvgIpc) is 2.41. The van der Waals surface area contributed by atoms with Crippen LogP contribution in [0.3, 0.4) is 0 Å². The van der Waals surface area contributed by atoms with Crippen molar-refractivity contribution in [2.45, 2.75) is 27.3 Å². The maximum absolute atomic E-state index is 12.1. The highest BCUT2D eigenvalue weighted by molar-refractivity contribution is 5.79. The number of nitrogens with zero attached hydrogens (tertiary/aromatic N) is 3. The van der Waals surface area contributed by atoms with Crippen LogP contribution in [0, 0.1) is 0 Å². The minimum absolute atomic E-state index is 0.141. The molecule has 2 aromatic rings. The number of rotatable bonds is 4. The van der Waals surface area contributed by atoms with Crippen molar-refractivity contribution in [1.82, 2.24) is 9.55 Å². The molecule has 0 fully saturated rings. The average molecular weight is 245 g/mol. The van der Waals surface area contributed by atoms with Crippen LogP contribution in [0.15, 0.2) is 29.1 Å². The number of anilines is 1. The summed E-state index contributed by atoms with van der Waals surface area (Å²) in [5, 5.41) is 0.690. The zero-order valence-corrected chi connectivity index (χ0v) is 11.2. The lowest BCUT2D eigenvalue weighted by Gasteiger charge is -2.24. The normalized spacial score (nSPS) is 10.8. The smallest absolute Gasteiger partial charge is 0.282 e. The Balaban J connectivity index is 2.78. The van der Waals surface area contributed by atoms with Gasteiger partial charge in [-0.05, 0) is 32.9 Å². The molecule has 96 valence electrons. The molecule has 0 saturated carbocycles. The second kappa shape index (κ2) is 5.21. The second-order valence-electron chi connectivity index (χ2n) is 4.15. The van der Waals surface area contributed by atoms with Gasteiger partial charge in [0.2, 0.25) is 5.95 Å². The van der Waals surface area contributed by atoms with Gasteiger partial charge in [0.25, 0.3) is 5.56 Å². The fraction of sp³-hybridized carbons (Fsp3) is 0.429. The van der Waals surface area contributed by atoms with Crippen molar-refractivity contribution < 1.29 is 0 Å². The number of aromatic nitrogens is 2. The number of hydrogen-bond donors (Lipinski definition) is 0. The van der Waals surface area contributed by atoms with Gasteiger partial charge in [-0.3, -0.25) is 4.79 Å². The van der Waals surface area contributed by atoms with Crippen LogP contribution in [0.2, 0.25) is 0 Å². The molecular formula is C14H19N3O. The quantitative estimate of drug-likeness (QED) is 0.829. The van der Waals surface area contributed by atoms with Gasteiger partial charge in [0, 0.05) is 19.6 Å². The third-order valence-corrected chi connectivity index (χ3v) is 3.23. The fourth-order valence-corrected chi connectivity index (χ4v) is 2.27. The first-order chi connectivity index (χ1) is 8.72. The molecular weight excluding hydrogens is 226 g/mol. The molecule has 0 spiro atoms. The Morgan fingerprint density at radius 1 is 1.17 bits per heavy atom. The molecule has 0 saturated heterocycles. The largest absolute Gasteiger partial charge is 0.343 e. The van der Waals surface area contributed by atoms with Gasteiger partial charge in [0.1, 0.15) is 0 Å². The van der Waals surface area contributed by atoms with E-state index in [0.717, 1.165) is 31.1 Å². The zero-order chi connectivity index (χ0) is 13.1. The van der Waals surface area contributed by atoms with Crippen molar-refractivity contribution in [2.24, 2.45) is 0 Å². The minimum atomic E-state index is -0.141. The Labute approximate surface area is 107 Å². The summed E-state index contributed by atoms with van der Waals surface area (Å²) < 4.78 is 2.10. The van der Waals surface area contributed by atoms with Gasteiger partial charge in [-0.2, -0.15) is 4.98 Å². The maximum Gasteiger partial charge on any atom is 0.282 e. The molecule has 0 unspecified atom stereocenters. The van der Waals surface area contributed by atoms with Gasteiger partial charge < -0.3 is 9.47 Å². The third-order valence-electron chi connectivity index (χ3n) is 3.23. The third kappa shape index (κ3) is 1.98. The summed E-state index contributed by atoms with van der Waals surface area (Å²) in [5.41, 5.74) is 0.819. The van der Waals surface area contributed by atoms with E-state index in [0.29, 0.717) is 5.39 Å². The van der Waals surface area contributed by atoms with Gasteiger partial charge in [-0.15, -0.1) is 0 Å². The van der Waals surface area contributed by atoms with E-state index in [4.69, 9.17) is 0 Å². The number of fused-ring (bicyclic) bond motifs is 1. The Kier molecular flexibility index (Phi) is 3.65.